The van der Waals surface area contributed by atoms with Gasteiger partial charge in [0.1, 0.15) is 0 Å². The fraction of sp³-hybridized carbons (Fsp3) is 0.789. The van der Waals surface area contributed by atoms with Gasteiger partial charge in [0.25, 0.3) is 0 Å². The van der Waals surface area contributed by atoms with Crippen molar-refractivity contribution in [3.63, 3.8) is 0 Å². The molecule has 0 radical (unpaired) electrons. The number of fused-ring (bicyclic) bond motifs is 5. The molecule has 0 aromatic rings. The van der Waals surface area contributed by atoms with E-state index in [2.05, 4.69) is 19.9 Å². The number of allylic oxidation sites excluding steroid dienone is 3. The minimum atomic E-state index is -0.346. The van der Waals surface area contributed by atoms with Gasteiger partial charge in [-0.15, -0.1) is 0 Å². The molecular formula is C19H29NO2. The van der Waals surface area contributed by atoms with Gasteiger partial charge in [-0.2, -0.15) is 0 Å². The fourth-order valence-electron chi connectivity index (χ4n) is 6.17. The van der Waals surface area contributed by atoms with Crippen LogP contribution in [0.2, 0.25) is 0 Å². The van der Waals surface area contributed by atoms with Gasteiger partial charge < -0.3 is 15.9 Å². The molecule has 4 aliphatic rings. The summed E-state index contributed by atoms with van der Waals surface area (Å²) in [5, 5.41) is 20.8. The van der Waals surface area contributed by atoms with E-state index in [0.29, 0.717) is 23.5 Å². The van der Waals surface area contributed by atoms with Crippen molar-refractivity contribution in [3.05, 3.63) is 23.5 Å². The molecule has 0 bridgehead atoms. The summed E-state index contributed by atoms with van der Waals surface area (Å²) in [4.78, 5) is 0. The number of hydrogen-bond acceptors (Lipinski definition) is 3. The number of aliphatic hydroxyl groups is 2. The van der Waals surface area contributed by atoms with Crippen LogP contribution >= 0.6 is 0 Å². The first kappa shape index (κ1) is 14.8. The fourth-order valence-corrected chi connectivity index (χ4v) is 6.17. The Morgan fingerprint density at radius 1 is 1.18 bits per heavy atom. The summed E-state index contributed by atoms with van der Waals surface area (Å²) in [6, 6.07) is 0.271. The Morgan fingerprint density at radius 3 is 2.73 bits per heavy atom. The summed E-state index contributed by atoms with van der Waals surface area (Å²) in [7, 11) is 0. The molecule has 3 heteroatoms. The third-order valence-corrected chi connectivity index (χ3v) is 7.74. The van der Waals surface area contributed by atoms with Crippen LogP contribution < -0.4 is 5.73 Å². The van der Waals surface area contributed by atoms with E-state index in [9.17, 15) is 10.2 Å². The summed E-state index contributed by atoms with van der Waals surface area (Å²) in [6.45, 7) is 4.68. The zero-order valence-electron chi connectivity index (χ0n) is 13.8. The van der Waals surface area contributed by atoms with Crippen LogP contribution in [0.15, 0.2) is 23.5 Å². The minimum Gasteiger partial charge on any atom is -0.512 e. The first-order chi connectivity index (χ1) is 10.4. The minimum absolute atomic E-state index is 0.0921. The number of hydrogen-bond donors (Lipinski definition) is 3. The Bertz CT molecular complexity index is 554. The number of aliphatic hydroxyl groups excluding tert-OH is 2. The van der Waals surface area contributed by atoms with Crippen molar-refractivity contribution < 1.29 is 10.2 Å². The molecule has 0 saturated heterocycles. The van der Waals surface area contributed by atoms with Crippen molar-refractivity contribution in [3.8, 4) is 0 Å². The molecule has 2 saturated carbocycles. The Morgan fingerprint density at radius 2 is 1.95 bits per heavy atom. The standard InChI is InChI=1S/C19H29NO2/c1-18-7-5-12(21)9-11(18)10-15(22)17-13-3-4-16(20)19(13,2)8-6-14(17)18/h5,7,11-14,16,21-22H,3-4,6,8-10,20H2,1-2H3/t11-,12-,13-,14-,16-,18-,19-/m0/s1. The number of nitrogens with two attached hydrogens (primary N) is 1. The van der Waals surface area contributed by atoms with E-state index in [1.807, 2.05) is 6.08 Å². The Kier molecular flexibility index (Phi) is 3.09. The van der Waals surface area contributed by atoms with Gasteiger partial charge in [-0.25, -0.2) is 0 Å². The third kappa shape index (κ3) is 1.75. The van der Waals surface area contributed by atoms with Crippen LogP contribution in [-0.4, -0.2) is 22.4 Å². The van der Waals surface area contributed by atoms with E-state index in [1.165, 1.54) is 12.0 Å². The lowest BCUT2D eigenvalue weighted by Crippen LogP contribution is -2.50. The zero-order valence-corrected chi connectivity index (χ0v) is 13.8. The number of rotatable bonds is 0. The summed E-state index contributed by atoms with van der Waals surface area (Å²) in [6.07, 6.45) is 9.88. The largest absolute Gasteiger partial charge is 0.512 e. The van der Waals surface area contributed by atoms with Crippen LogP contribution in [0.4, 0.5) is 0 Å². The SMILES string of the molecule is C[C@]12C=C[C@H](O)C[C@H]1CC(O)=C1[C@@H]2CC[C@]2(C)[C@@H](N)CC[C@@H]12. The zero-order chi connectivity index (χ0) is 15.7. The first-order valence-electron chi connectivity index (χ1n) is 8.91. The van der Waals surface area contributed by atoms with Gasteiger partial charge in [0.2, 0.25) is 0 Å². The molecule has 0 amide bonds. The molecule has 7 atom stereocenters. The molecule has 122 valence electrons. The quantitative estimate of drug-likeness (QED) is 0.602. The van der Waals surface area contributed by atoms with Crippen molar-refractivity contribution in [2.45, 2.75) is 64.5 Å². The Hall–Kier alpha value is -0.800. The molecule has 0 aliphatic heterocycles. The lowest BCUT2D eigenvalue weighted by atomic mass is 9.49. The smallest absolute Gasteiger partial charge is 0.0923 e. The van der Waals surface area contributed by atoms with Gasteiger partial charge in [-0.05, 0) is 66.3 Å². The molecule has 0 heterocycles. The van der Waals surface area contributed by atoms with E-state index < -0.39 is 0 Å². The highest BCUT2D eigenvalue weighted by atomic mass is 16.3. The average Bonchev–Trinajstić information content (AvgIpc) is 2.77. The summed E-state index contributed by atoms with van der Waals surface area (Å²) >= 11 is 0. The Balaban J connectivity index is 1.78. The van der Waals surface area contributed by atoms with Crippen LogP contribution in [0.25, 0.3) is 0 Å². The van der Waals surface area contributed by atoms with Crippen LogP contribution in [0.1, 0.15) is 52.4 Å². The van der Waals surface area contributed by atoms with Gasteiger partial charge in [0, 0.05) is 12.5 Å². The maximum Gasteiger partial charge on any atom is 0.0923 e. The Labute approximate surface area is 133 Å². The molecule has 0 aromatic carbocycles. The van der Waals surface area contributed by atoms with Crippen molar-refractivity contribution in [1.82, 2.24) is 0 Å². The molecule has 0 aromatic heterocycles. The first-order valence-corrected chi connectivity index (χ1v) is 8.91. The topological polar surface area (TPSA) is 66.5 Å². The van der Waals surface area contributed by atoms with Crippen LogP contribution in [0.5, 0.6) is 0 Å². The second-order valence-electron chi connectivity index (χ2n) is 8.66. The molecule has 2 fully saturated rings. The highest BCUT2D eigenvalue weighted by Crippen LogP contribution is 2.64. The summed E-state index contributed by atoms with van der Waals surface area (Å²) in [5.74, 6) is 1.87. The summed E-state index contributed by atoms with van der Waals surface area (Å²) < 4.78 is 0. The lowest BCUT2D eigenvalue weighted by Gasteiger charge is -2.55. The lowest BCUT2D eigenvalue weighted by molar-refractivity contribution is 0.0216. The van der Waals surface area contributed by atoms with Crippen LogP contribution in [0.3, 0.4) is 0 Å². The second kappa shape index (κ2) is 4.61. The maximum absolute atomic E-state index is 10.8. The van der Waals surface area contributed by atoms with E-state index in [0.717, 1.165) is 32.1 Å². The molecule has 0 unspecified atom stereocenters. The monoisotopic (exact) mass is 303 g/mol. The average molecular weight is 303 g/mol. The van der Waals surface area contributed by atoms with Crippen molar-refractivity contribution >= 4 is 0 Å². The van der Waals surface area contributed by atoms with Crippen LogP contribution in [0, 0.1) is 28.6 Å². The summed E-state index contributed by atoms with van der Waals surface area (Å²) in [5.41, 5.74) is 8.00. The van der Waals surface area contributed by atoms with Gasteiger partial charge in [0.15, 0.2) is 0 Å². The van der Waals surface area contributed by atoms with Crippen LogP contribution in [-0.2, 0) is 0 Å². The van der Waals surface area contributed by atoms with Crippen molar-refractivity contribution in [1.29, 1.82) is 0 Å². The molecule has 4 rings (SSSR count). The van der Waals surface area contributed by atoms with Crippen molar-refractivity contribution in [2.24, 2.45) is 34.3 Å². The maximum atomic E-state index is 10.8. The normalized spacial score (nSPS) is 53.9. The van der Waals surface area contributed by atoms with Gasteiger partial charge in [0.05, 0.1) is 11.9 Å². The van der Waals surface area contributed by atoms with E-state index in [4.69, 9.17) is 5.73 Å². The van der Waals surface area contributed by atoms with E-state index in [-0.39, 0.29) is 23.0 Å². The highest BCUT2D eigenvalue weighted by molar-refractivity contribution is 5.33. The van der Waals surface area contributed by atoms with Crippen molar-refractivity contribution in [2.75, 3.05) is 0 Å². The van der Waals surface area contributed by atoms with Gasteiger partial charge in [-0.3, -0.25) is 0 Å². The van der Waals surface area contributed by atoms with Gasteiger partial charge in [-0.1, -0.05) is 26.0 Å². The molecular weight excluding hydrogens is 274 g/mol. The highest BCUT2D eigenvalue weighted by Gasteiger charge is 2.57. The van der Waals surface area contributed by atoms with E-state index in [1.54, 1.807) is 0 Å². The molecule has 4 N–H and O–H groups in total. The van der Waals surface area contributed by atoms with E-state index >= 15 is 0 Å². The predicted molar refractivity (Wildman–Crippen MR) is 87.2 cm³/mol. The predicted octanol–water partition coefficient (Wildman–Crippen LogP) is 3.30. The molecule has 0 spiro atoms. The van der Waals surface area contributed by atoms with Gasteiger partial charge >= 0.3 is 0 Å². The molecule has 3 nitrogen and oxygen atoms in total. The molecule has 22 heavy (non-hydrogen) atoms. The third-order valence-electron chi connectivity index (χ3n) is 7.74. The molecule has 4 aliphatic carbocycles. The second-order valence-corrected chi connectivity index (χ2v) is 8.66.